The van der Waals surface area contributed by atoms with Crippen molar-refractivity contribution in [3.8, 4) is 25.7 Å². The Morgan fingerprint density at radius 3 is 2.21 bits per heavy atom. The largest absolute Gasteiger partial charge is 0.300 e. The number of Topliss-reactive ketones (excluding diaryl/α,β-unsaturated/α-hetero) is 3. The summed E-state index contributed by atoms with van der Waals surface area (Å²) < 4.78 is 0. The van der Waals surface area contributed by atoms with Gasteiger partial charge in [0.05, 0.1) is 0 Å². The summed E-state index contributed by atoms with van der Waals surface area (Å²) in [6.45, 7) is 6.21. The van der Waals surface area contributed by atoms with Crippen LogP contribution >= 0.6 is 0 Å². The van der Waals surface area contributed by atoms with Crippen molar-refractivity contribution in [1.29, 1.82) is 0 Å². The first-order valence-electron chi connectivity index (χ1n) is 10.5. The molecule has 28 heavy (non-hydrogen) atoms. The highest BCUT2D eigenvalue weighted by Gasteiger charge is 2.63. The van der Waals surface area contributed by atoms with Gasteiger partial charge in [-0.2, -0.15) is 0 Å². The molecule has 4 aliphatic rings. The molecule has 3 heteroatoms. The summed E-state index contributed by atoms with van der Waals surface area (Å²) >= 11 is 0. The van der Waals surface area contributed by atoms with Crippen LogP contribution in [0.4, 0.5) is 0 Å². The molecule has 0 radical (unpaired) electrons. The van der Waals surface area contributed by atoms with Gasteiger partial charge in [-0.15, -0.1) is 25.7 Å². The van der Waals surface area contributed by atoms with Gasteiger partial charge in [0.25, 0.3) is 0 Å². The van der Waals surface area contributed by atoms with Crippen molar-refractivity contribution in [2.24, 2.45) is 40.4 Å². The van der Waals surface area contributed by atoms with Crippen molar-refractivity contribution in [1.82, 2.24) is 0 Å². The molecule has 0 aromatic carbocycles. The normalized spacial score (nSPS) is 43.8. The molecule has 0 amide bonds. The maximum absolute atomic E-state index is 13.3. The number of fused-ring (bicyclic) bond motifs is 5. The van der Waals surface area contributed by atoms with E-state index in [-0.39, 0.29) is 28.4 Å². The van der Waals surface area contributed by atoms with Gasteiger partial charge < -0.3 is 0 Å². The minimum absolute atomic E-state index is 0.0174. The zero-order valence-corrected chi connectivity index (χ0v) is 17.6. The van der Waals surface area contributed by atoms with Gasteiger partial charge in [-0.3, -0.25) is 14.4 Å². The SMILES string of the molecule is C#C.C#C.CC(=O)[C@H]1CCC2[C@@H]3CCC4CC(=O)CC[C@]4(C)C3C(=O)CC21C. The average Bonchev–Trinajstić information content (AvgIpc) is 3.02. The lowest BCUT2D eigenvalue weighted by Gasteiger charge is -2.59. The predicted octanol–water partition coefficient (Wildman–Crippen LogP) is 4.48. The first-order chi connectivity index (χ1) is 13.3. The Hall–Kier alpha value is -1.87. The smallest absolute Gasteiger partial charge is 0.137 e. The molecule has 0 aromatic rings. The summed E-state index contributed by atoms with van der Waals surface area (Å²) in [5, 5.41) is 0. The van der Waals surface area contributed by atoms with Crippen molar-refractivity contribution in [3.63, 3.8) is 0 Å². The summed E-state index contributed by atoms with van der Waals surface area (Å²) in [5.41, 5.74) is -0.0959. The van der Waals surface area contributed by atoms with E-state index in [1.54, 1.807) is 6.92 Å². The van der Waals surface area contributed by atoms with E-state index < -0.39 is 0 Å². The molecule has 152 valence electrons. The molecular formula is C25H34O3. The summed E-state index contributed by atoms with van der Waals surface area (Å²) in [6, 6.07) is 0. The molecule has 0 spiro atoms. The van der Waals surface area contributed by atoms with Crippen LogP contribution < -0.4 is 0 Å². The van der Waals surface area contributed by atoms with Crippen LogP contribution in [-0.4, -0.2) is 17.3 Å². The monoisotopic (exact) mass is 382 g/mol. The van der Waals surface area contributed by atoms with Gasteiger partial charge in [0, 0.05) is 31.1 Å². The highest BCUT2D eigenvalue weighted by molar-refractivity contribution is 5.87. The molecule has 0 aliphatic heterocycles. The van der Waals surface area contributed by atoms with E-state index in [1.807, 2.05) is 0 Å². The molecule has 4 aliphatic carbocycles. The fourth-order valence-corrected chi connectivity index (χ4v) is 7.53. The quantitative estimate of drug-likeness (QED) is 0.628. The maximum atomic E-state index is 13.3. The topological polar surface area (TPSA) is 51.2 Å². The molecule has 0 saturated heterocycles. The highest BCUT2D eigenvalue weighted by atomic mass is 16.1. The van der Waals surface area contributed by atoms with Crippen LogP contribution in [0.15, 0.2) is 0 Å². The molecule has 0 aromatic heterocycles. The van der Waals surface area contributed by atoms with Gasteiger partial charge in [0.1, 0.15) is 17.3 Å². The number of hydrogen-bond acceptors (Lipinski definition) is 3. The van der Waals surface area contributed by atoms with Crippen molar-refractivity contribution in [2.75, 3.05) is 0 Å². The molecule has 4 saturated carbocycles. The number of carbonyl (C=O) groups excluding carboxylic acids is 3. The molecular weight excluding hydrogens is 348 g/mol. The molecule has 0 heterocycles. The van der Waals surface area contributed by atoms with Crippen LogP contribution in [0, 0.1) is 66.1 Å². The molecule has 0 bridgehead atoms. The molecule has 4 fully saturated rings. The number of ketones is 3. The lowest BCUT2D eigenvalue weighted by atomic mass is 9.44. The van der Waals surface area contributed by atoms with Gasteiger partial charge in [-0.05, 0) is 67.6 Å². The summed E-state index contributed by atoms with van der Waals surface area (Å²) in [7, 11) is 0. The molecule has 4 unspecified atom stereocenters. The van der Waals surface area contributed by atoms with E-state index in [0.717, 1.165) is 32.1 Å². The zero-order chi connectivity index (χ0) is 21.3. The third-order valence-electron chi connectivity index (χ3n) is 8.66. The first-order valence-corrected chi connectivity index (χ1v) is 10.5. The van der Waals surface area contributed by atoms with Crippen LogP contribution in [0.2, 0.25) is 0 Å². The Morgan fingerprint density at radius 2 is 1.61 bits per heavy atom. The molecule has 0 N–H and O–H groups in total. The fourth-order valence-electron chi connectivity index (χ4n) is 7.53. The van der Waals surface area contributed by atoms with Gasteiger partial charge in [-0.1, -0.05) is 13.8 Å². The highest BCUT2D eigenvalue weighted by Crippen LogP contribution is 2.66. The van der Waals surface area contributed by atoms with Crippen LogP contribution in [0.25, 0.3) is 0 Å². The van der Waals surface area contributed by atoms with Gasteiger partial charge >= 0.3 is 0 Å². The Labute approximate surface area is 170 Å². The standard InChI is InChI=1S/C21H30O3.2C2H2/c1-12(22)16-6-7-17-15-5-4-13-10-14(23)8-9-20(13,2)19(15)18(24)11-21(16,17)3;2*1-2/h13,15-17,19H,4-11H2,1-3H3;2*1-2H/t13?,15-,16+,17?,19?,20-,21?;;/m0../s1. The Kier molecular flexibility index (Phi) is 6.60. The van der Waals surface area contributed by atoms with E-state index in [0.29, 0.717) is 48.6 Å². The van der Waals surface area contributed by atoms with E-state index in [4.69, 9.17) is 0 Å². The van der Waals surface area contributed by atoms with Crippen molar-refractivity contribution in [3.05, 3.63) is 0 Å². The van der Waals surface area contributed by atoms with Crippen LogP contribution in [-0.2, 0) is 14.4 Å². The Bertz CT molecular complexity index is 680. The summed E-state index contributed by atoms with van der Waals surface area (Å²) in [5.74, 6) is 2.63. The zero-order valence-electron chi connectivity index (χ0n) is 17.6. The van der Waals surface area contributed by atoms with E-state index >= 15 is 0 Å². The maximum Gasteiger partial charge on any atom is 0.137 e. The third kappa shape index (κ3) is 3.24. The Morgan fingerprint density at radius 1 is 0.964 bits per heavy atom. The fraction of sp³-hybridized carbons (Fsp3) is 0.720. The lowest BCUT2D eigenvalue weighted by molar-refractivity contribution is -0.161. The second-order valence-corrected chi connectivity index (χ2v) is 9.66. The van der Waals surface area contributed by atoms with Crippen LogP contribution in [0.1, 0.15) is 72.1 Å². The van der Waals surface area contributed by atoms with E-state index in [1.165, 1.54) is 0 Å². The Balaban J connectivity index is 0.000000660. The van der Waals surface area contributed by atoms with Gasteiger partial charge in [0.2, 0.25) is 0 Å². The number of carbonyl (C=O) groups is 3. The van der Waals surface area contributed by atoms with Crippen molar-refractivity contribution < 1.29 is 14.4 Å². The third-order valence-corrected chi connectivity index (χ3v) is 8.66. The number of terminal acetylenes is 2. The predicted molar refractivity (Wildman–Crippen MR) is 111 cm³/mol. The van der Waals surface area contributed by atoms with Crippen molar-refractivity contribution in [2.45, 2.75) is 72.1 Å². The van der Waals surface area contributed by atoms with Crippen molar-refractivity contribution >= 4 is 17.3 Å². The van der Waals surface area contributed by atoms with Crippen LogP contribution in [0.5, 0.6) is 0 Å². The van der Waals surface area contributed by atoms with E-state index in [2.05, 4.69) is 39.5 Å². The first kappa shape index (κ1) is 22.4. The average molecular weight is 383 g/mol. The molecule has 4 rings (SSSR count). The second kappa shape index (κ2) is 8.24. The number of rotatable bonds is 1. The lowest BCUT2D eigenvalue weighted by Crippen LogP contribution is -2.57. The minimum Gasteiger partial charge on any atom is -0.300 e. The van der Waals surface area contributed by atoms with Gasteiger partial charge in [-0.25, -0.2) is 0 Å². The molecule has 3 nitrogen and oxygen atoms in total. The second-order valence-electron chi connectivity index (χ2n) is 9.66. The summed E-state index contributed by atoms with van der Waals surface area (Å²) in [4.78, 5) is 37.4. The summed E-state index contributed by atoms with van der Waals surface area (Å²) in [6.07, 6.45) is 23.1. The minimum atomic E-state index is -0.113. The molecule has 7 atom stereocenters. The van der Waals surface area contributed by atoms with Crippen LogP contribution in [0.3, 0.4) is 0 Å². The van der Waals surface area contributed by atoms with E-state index in [9.17, 15) is 14.4 Å². The number of hydrogen-bond donors (Lipinski definition) is 0. The van der Waals surface area contributed by atoms with Gasteiger partial charge in [0.15, 0.2) is 0 Å².